The van der Waals surface area contributed by atoms with Crippen LogP contribution in [0.1, 0.15) is 16.7 Å². The third-order valence-electron chi connectivity index (χ3n) is 4.62. The smallest absolute Gasteiger partial charge is 0.123 e. The summed E-state index contributed by atoms with van der Waals surface area (Å²) in [6, 6.07) is 18.7. The maximum absolute atomic E-state index is 13.0. The summed E-state index contributed by atoms with van der Waals surface area (Å²) >= 11 is 0. The first-order chi connectivity index (χ1) is 14.1. The average Bonchev–Trinajstić information content (AvgIpc) is 2.73. The molecule has 0 bridgehead atoms. The van der Waals surface area contributed by atoms with Crippen LogP contribution in [-0.4, -0.2) is 42.0 Å². The van der Waals surface area contributed by atoms with E-state index >= 15 is 0 Å². The first-order valence-electron chi connectivity index (χ1n) is 9.80. The highest BCUT2D eigenvalue weighted by atomic mass is 19.1. The molecule has 2 aromatic carbocycles. The van der Waals surface area contributed by atoms with Gasteiger partial charge in [-0.25, -0.2) is 4.39 Å². The number of hydrogen-bond acceptors (Lipinski definition) is 4. The molecule has 5 heteroatoms. The minimum absolute atomic E-state index is 0.234. The Morgan fingerprint density at radius 2 is 1.62 bits per heavy atom. The van der Waals surface area contributed by atoms with Gasteiger partial charge in [-0.15, -0.1) is 0 Å². The summed E-state index contributed by atoms with van der Waals surface area (Å²) in [7, 11) is 4.18. The molecular formula is C24H28FN3O. The van der Waals surface area contributed by atoms with Crippen LogP contribution in [0, 0.1) is 5.82 Å². The van der Waals surface area contributed by atoms with E-state index in [1.165, 1.54) is 23.3 Å². The number of halogens is 1. The van der Waals surface area contributed by atoms with Gasteiger partial charge >= 0.3 is 0 Å². The summed E-state index contributed by atoms with van der Waals surface area (Å²) < 4.78 is 19.0. The largest absolute Gasteiger partial charge is 0.489 e. The van der Waals surface area contributed by atoms with Crippen molar-refractivity contribution in [2.75, 3.05) is 27.2 Å². The summed E-state index contributed by atoms with van der Waals surface area (Å²) in [4.78, 5) is 8.84. The summed E-state index contributed by atoms with van der Waals surface area (Å²) in [5, 5.41) is 0. The second-order valence-corrected chi connectivity index (χ2v) is 7.44. The van der Waals surface area contributed by atoms with Crippen molar-refractivity contribution in [1.29, 1.82) is 0 Å². The van der Waals surface area contributed by atoms with E-state index in [4.69, 9.17) is 4.74 Å². The molecule has 0 spiro atoms. The van der Waals surface area contributed by atoms with Crippen LogP contribution in [-0.2, 0) is 19.7 Å². The van der Waals surface area contributed by atoms with E-state index in [2.05, 4.69) is 47.1 Å². The average molecular weight is 394 g/mol. The van der Waals surface area contributed by atoms with Crippen molar-refractivity contribution in [3.8, 4) is 5.75 Å². The molecular weight excluding hydrogens is 365 g/mol. The molecule has 0 unspecified atom stereocenters. The number of ether oxygens (including phenoxy) is 1. The van der Waals surface area contributed by atoms with Gasteiger partial charge in [-0.05, 0) is 61.1 Å². The van der Waals surface area contributed by atoms with Gasteiger partial charge < -0.3 is 9.64 Å². The fourth-order valence-corrected chi connectivity index (χ4v) is 3.04. The maximum atomic E-state index is 13.0. The van der Waals surface area contributed by atoms with Gasteiger partial charge in [0, 0.05) is 38.6 Å². The predicted molar refractivity (Wildman–Crippen MR) is 114 cm³/mol. The van der Waals surface area contributed by atoms with Crippen molar-refractivity contribution >= 4 is 0 Å². The zero-order valence-electron chi connectivity index (χ0n) is 17.1. The molecule has 0 atom stereocenters. The summed E-state index contributed by atoms with van der Waals surface area (Å²) in [6.45, 7) is 4.05. The lowest BCUT2D eigenvalue weighted by Crippen LogP contribution is -2.31. The quantitative estimate of drug-likeness (QED) is 0.512. The molecule has 29 heavy (non-hydrogen) atoms. The molecule has 0 fully saturated rings. The van der Waals surface area contributed by atoms with E-state index in [9.17, 15) is 4.39 Å². The molecule has 1 heterocycles. The molecule has 1 aromatic heterocycles. The van der Waals surface area contributed by atoms with Gasteiger partial charge in [-0.2, -0.15) is 0 Å². The Morgan fingerprint density at radius 3 is 2.34 bits per heavy atom. The zero-order chi connectivity index (χ0) is 20.5. The zero-order valence-corrected chi connectivity index (χ0v) is 17.1. The number of likely N-dealkylation sites (N-methyl/N-ethyl adjacent to an activating group) is 1. The number of hydrogen-bond donors (Lipinski definition) is 0. The molecule has 0 N–H and O–H groups in total. The molecule has 3 aromatic rings. The molecule has 152 valence electrons. The Balaban J connectivity index is 1.63. The number of rotatable bonds is 10. The minimum Gasteiger partial charge on any atom is -0.489 e. The van der Waals surface area contributed by atoms with Crippen molar-refractivity contribution in [3.63, 3.8) is 0 Å². The molecule has 0 saturated carbocycles. The lowest BCUT2D eigenvalue weighted by molar-refractivity contribution is 0.225. The third-order valence-corrected chi connectivity index (χ3v) is 4.62. The fourth-order valence-electron chi connectivity index (χ4n) is 3.04. The van der Waals surface area contributed by atoms with Crippen LogP contribution < -0.4 is 4.74 Å². The highest BCUT2D eigenvalue weighted by Crippen LogP contribution is 2.18. The Bertz CT molecular complexity index is 869. The SMILES string of the molecule is CN(C)CCN(Cc1cccnc1)Cc1cccc(OCc2ccc(F)cc2)c1. The second kappa shape index (κ2) is 10.7. The third kappa shape index (κ3) is 7.29. The molecule has 0 aliphatic rings. The summed E-state index contributed by atoms with van der Waals surface area (Å²) in [5.41, 5.74) is 3.35. The molecule has 0 aliphatic carbocycles. The molecule has 3 rings (SSSR count). The van der Waals surface area contributed by atoms with E-state index < -0.39 is 0 Å². The van der Waals surface area contributed by atoms with Gasteiger partial charge in [-0.3, -0.25) is 9.88 Å². The molecule has 0 saturated heterocycles. The van der Waals surface area contributed by atoms with Crippen molar-refractivity contribution in [3.05, 3.63) is 95.6 Å². The normalized spacial score (nSPS) is 11.2. The van der Waals surface area contributed by atoms with E-state index in [-0.39, 0.29) is 5.82 Å². The van der Waals surface area contributed by atoms with Crippen LogP contribution in [0.5, 0.6) is 5.75 Å². The van der Waals surface area contributed by atoms with E-state index in [1.807, 2.05) is 24.4 Å². The lowest BCUT2D eigenvalue weighted by Gasteiger charge is -2.24. The Kier molecular flexibility index (Phi) is 7.73. The minimum atomic E-state index is -0.234. The molecule has 4 nitrogen and oxygen atoms in total. The Labute approximate surface area is 172 Å². The maximum Gasteiger partial charge on any atom is 0.123 e. The van der Waals surface area contributed by atoms with Crippen molar-refractivity contribution in [2.24, 2.45) is 0 Å². The number of pyridine rings is 1. The molecule has 0 radical (unpaired) electrons. The second-order valence-electron chi connectivity index (χ2n) is 7.44. The van der Waals surface area contributed by atoms with Gasteiger partial charge in [0.15, 0.2) is 0 Å². The van der Waals surface area contributed by atoms with E-state index in [0.717, 1.165) is 37.5 Å². The van der Waals surface area contributed by atoms with E-state index in [0.29, 0.717) is 6.61 Å². The van der Waals surface area contributed by atoms with Gasteiger partial charge in [-0.1, -0.05) is 30.3 Å². The van der Waals surface area contributed by atoms with Crippen LogP contribution >= 0.6 is 0 Å². The number of benzene rings is 2. The van der Waals surface area contributed by atoms with Crippen LogP contribution in [0.25, 0.3) is 0 Å². The Morgan fingerprint density at radius 1 is 0.862 bits per heavy atom. The summed E-state index contributed by atoms with van der Waals surface area (Å²) in [5.74, 6) is 0.586. The van der Waals surface area contributed by atoms with E-state index in [1.54, 1.807) is 18.3 Å². The Hall–Kier alpha value is -2.76. The molecule has 0 aliphatic heterocycles. The lowest BCUT2D eigenvalue weighted by atomic mass is 10.1. The molecule has 0 amide bonds. The van der Waals surface area contributed by atoms with Crippen molar-refractivity contribution in [2.45, 2.75) is 19.7 Å². The number of nitrogens with zero attached hydrogens (tertiary/aromatic N) is 3. The van der Waals surface area contributed by atoms with Gasteiger partial charge in [0.25, 0.3) is 0 Å². The van der Waals surface area contributed by atoms with Gasteiger partial charge in [0.2, 0.25) is 0 Å². The predicted octanol–water partition coefficient (Wildman–Crippen LogP) is 4.36. The van der Waals surface area contributed by atoms with Crippen molar-refractivity contribution in [1.82, 2.24) is 14.8 Å². The monoisotopic (exact) mass is 393 g/mol. The first-order valence-corrected chi connectivity index (χ1v) is 9.80. The van der Waals surface area contributed by atoms with Crippen LogP contribution in [0.3, 0.4) is 0 Å². The number of aromatic nitrogens is 1. The standard InChI is InChI=1S/C24H28FN3O/c1-27(2)13-14-28(18-22-6-4-12-26-16-22)17-21-5-3-7-24(15-21)29-19-20-8-10-23(25)11-9-20/h3-12,15-16H,13-14,17-19H2,1-2H3. The summed E-state index contributed by atoms with van der Waals surface area (Å²) in [6.07, 6.45) is 3.72. The highest BCUT2D eigenvalue weighted by Gasteiger charge is 2.09. The topological polar surface area (TPSA) is 28.6 Å². The van der Waals surface area contributed by atoms with Crippen LogP contribution in [0.4, 0.5) is 4.39 Å². The highest BCUT2D eigenvalue weighted by molar-refractivity contribution is 5.29. The van der Waals surface area contributed by atoms with Crippen LogP contribution in [0.15, 0.2) is 73.1 Å². The van der Waals surface area contributed by atoms with Crippen molar-refractivity contribution < 1.29 is 9.13 Å². The first kappa shape index (κ1) is 21.0. The van der Waals surface area contributed by atoms with Crippen LogP contribution in [0.2, 0.25) is 0 Å². The van der Waals surface area contributed by atoms with Gasteiger partial charge in [0.1, 0.15) is 18.2 Å². The van der Waals surface area contributed by atoms with Gasteiger partial charge in [0.05, 0.1) is 0 Å². The fraction of sp³-hybridized carbons (Fsp3) is 0.292.